The molecule has 0 saturated heterocycles. The molecule has 0 atom stereocenters. The fourth-order valence-electron chi connectivity index (χ4n) is 8.12. The Morgan fingerprint density at radius 3 is 1.52 bits per heavy atom. The molecule has 2 heterocycles. The summed E-state index contributed by atoms with van der Waals surface area (Å²) in [4.78, 5) is 14.9. The fraction of sp³-hybridized carbons (Fsp3) is 0.0612. The van der Waals surface area contributed by atoms with E-state index in [2.05, 4.69) is 109 Å². The molecular formula is C49H33N5. The number of hydrogen-bond donors (Lipinski definition) is 0. The molecule has 0 fully saturated rings. The van der Waals surface area contributed by atoms with Crippen LogP contribution in [-0.4, -0.2) is 19.5 Å². The Balaban J connectivity index is 1.07. The van der Waals surface area contributed by atoms with Crippen LogP contribution in [0.5, 0.6) is 0 Å². The highest BCUT2D eigenvalue weighted by Gasteiger charge is 2.36. The zero-order valence-corrected chi connectivity index (χ0v) is 29.8. The fourth-order valence-corrected chi connectivity index (χ4v) is 8.12. The first-order valence-electron chi connectivity index (χ1n) is 18.2. The molecule has 0 N–H and O–H groups in total. The highest BCUT2D eigenvalue weighted by Crippen LogP contribution is 2.51. The van der Waals surface area contributed by atoms with Crippen LogP contribution < -0.4 is 0 Å². The molecule has 254 valence electrons. The highest BCUT2D eigenvalue weighted by atomic mass is 15.0. The molecule has 54 heavy (non-hydrogen) atoms. The Morgan fingerprint density at radius 1 is 0.463 bits per heavy atom. The van der Waals surface area contributed by atoms with Crippen molar-refractivity contribution < 1.29 is 0 Å². The van der Waals surface area contributed by atoms with Gasteiger partial charge < -0.3 is 4.57 Å². The van der Waals surface area contributed by atoms with Crippen molar-refractivity contribution in [3.63, 3.8) is 0 Å². The van der Waals surface area contributed by atoms with Gasteiger partial charge in [0.05, 0.1) is 22.7 Å². The van der Waals surface area contributed by atoms with Gasteiger partial charge in [-0.15, -0.1) is 0 Å². The first kappa shape index (κ1) is 31.6. The molecule has 10 rings (SSSR count). The summed E-state index contributed by atoms with van der Waals surface area (Å²) in [6, 6.07) is 59.1. The standard InChI is InChI=1S/C49H33N5/c1-49(2)42-28-35(34-21-25-45-41(27-34)40-26-31(30-50)18-24-44(40)54(45)37-16-10-5-11-17-37)19-22-38(42)39-23-20-36(29-43(39)49)48-52-46(32-12-6-3-7-13-32)51-47(53-48)33-14-8-4-9-15-33/h3-29H,1-2H3. The molecule has 5 nitrogen and oxygen atoms in total. The van der Waals surface area contributed by atoms with Gasteiger partial charge in [-0.2, -0.15) is 5.26 Å². The monoisotopic (exact) mass is 691 g/mol. The summed E-state index contributed by atoms with van der Waals surface area (Å²) in [5, 5.41) is 12.0. The molecule has 0 aliphatic heterocycles. The molecule has 0 bridgehead atoms. The van der Waals surface area contributed by atoms with Crippen LogP contribution in [0.1, 0.15) is 30.5 Å². The van der Waals surface area contributed by atoms with Crippen LogP contribution in [0.15, 0.2) is 164 Å². The molecule has 7 aromatic carbocycles. The largest absolute Gasteiger partial charge is 0.309 e. The molecular weight excluding hydrogens is 659 g/mol. The van der Waals surface area contributed by atoms with Crippen molar-refractivity contribution in [2.75, 3.05) is 0 Å². The average molecular weight is 692 g/mol. The van der Waals surface area contributed by atoms with E-state index in [0.29, 0.717) is 23.0 Å². The minimum Gasteiger partial charge on any atom is -0.309 e. The number of para-hydroxylation sites is 1. The highest BCUT2D eigenvalue weighted by molar-refractivity contribution is 6.11. The van der Waals surface area contributed by atoms with Gasteiger partial charge in [-0.1, -0.05) is 123 Å². The van der Waals surface area contributed by atoms with Crippen molar-refractivity contribution in [2.45, 2.75) is 19.3 Å². The van der Waals surface area contributed by atoms with Gasteiger partial charge in [0, 0.05) is 38.6 Å². The average Bonchev–Trinajstić information content (AvgIpc) is 3.68. The third-order valence-corrected chi connectivity index (χ3v) is 10.9. The van der Waals surface area contributed by atoms with Crippen LogP contribution in [0.25, 0.3) is 83.9 Å². The zero-order chi connectivity index (χ0) is 36.4. The Kier molecular flexibility index (Phi) is 7.14. The molecule has 9 aromatic rings. The number of nitrogens with zero attached hydrogens (tertiary/aromatic N) is 5. The molecule has 0 radical (unpaired) electrons. The van der Waals surface area contributed by atoms with Crippen molar-refractivity contribution in [3.8, 4) is 68.2 Å². The second-order valence-electron chi connectivity index (χ2n) is 14.4. The van der Waals surface area contributed by atoms with Crippen molar-refractivity contribution in [1.29, 1.82) is 5.26 Å². The van der Waals surface area contributed by atoms with Gasteiger partial charge in [0.25, 0.3) is 0 Å². The van der Waals surface area contributed by atoms with Crippen molar-refractivity contribution >= 4 is 21.8 Å². The molecule has 0 amide bonds. The summed E-state index contributed by atoms with van der Waals surface area (Å²) in [5.74, 6) is 1.96. The van der Waals surface area contributed by atoms with Crippen molar-refractivity contribution in [2.24, 2.45) is 0 Å². The van der Waals surface area contributed by atoms with E-state index in [0.717, 1.165) is 55.3 Å². The van der Waals surface area contributed by atoms with Gasteiger partial charge in [0.1, 0.15) is 0 Å². The molecule has 0 unspecified atom stereocenters. The lowest BCUT2D eigenvalue weighted by Crippen LogP contribution is -2.15. The quantitative estimate of drug-likeness (QED) is 0.180. The molecule has 0 spiro atoms. The summed E-state index contributed by atoms with van der Waals surface area (Å²) in [6.07, 6.45) is 0. The maximum Gasteiger partial charge on any atom is 0.164 e. The number of fused-ring (bicyclic) bond motifs is 6. The predicted octanol–water partition coefficient (Wildman–Crippen LogP) is 11.8. The maximum atomic E-state index is 9.77. The van der Waals surface area contributed by atoms with Crippen molar-refractivity contribution in [1.82, 2.24) is 19.5 Å². The van der Waals surface area contributed by atoms with Gasteiger partial charge in [0.15, 0.2) is 17.5 Å². The van der Waals surface area contributed by atoms with Crippen LogP contribution in [-0.2, 0) is 5.41 Å². The number of rotatable bonds is 5. The van der Waals surface area contributed by atoms with Gasteiger partial charge in [-0.3, -0.25) is 0 Å². The van der Waals surface area contributed by atoms with Gasteiger partial charge in [0.2, 0.25) is 0 Å². The Morgan fingerprint density at radius 2 is 0.926 bits per heavy atom. The number of nitriles is 1. The molecule has 1 aliphatic rings. The van der Waals surface area contributed by atoms with Crippen LogP contribution in [0, 0.1) is 11.3 Å². The van der Waals surface area contributed by atoms with Crippen LogP contribution in [0.2, 0.25) is 0 Å². The summed E-state index contributed by atoms with van der Waals surface area (Å²) in [7, 11) is 0. The lowest BCUT2D eigenvalue weighted by atomic mass is 9.81. The van der Waals surface area contributed by atoms with Crippen LogP contribution >= 0.6 is 0 Å². The SMILES string of the molecule is CC1(C)c2cc(-c3ccc4c(c3)c3cc(C#N)ccc3n4-c3ccccc3)ccc2-c2ccc(-c3nc(-c4ccccc4)nc(-c4ccccc4)n3)cc21. The van der Waals surface area contributed by atoms with E-state index >= 15 is 0 Å². The van der Waals surface area contributed by atoms with E-state index in [9.17, 15) is 5.26 Å². The number of benzene rings is 7. The van der Waals surface area contributed by atoms with Crippen LogP contribution in [0.4, 0.5) is 0 Å². The molecule has 0 saturated carbocycles. The lowest BCUT2D eigenvalue weighted by molar-refractivity contribution is 0.661. The van der Waals surface area contributed by atoms with Gasteiger partial charge in [-0.05, 0) is 88.0 Å². The van der Waals surface area contributed by atoms with E-state index in [-0.39, 0.29) is 5.41 Å². The third-order valence-electron chi connectivity index (χ3n) is 10.9. The second kappa shape index (κ2) is 12.2. The Hall–Kier alpha value is -7.16. The first-order chi connectivity index (χ1) is 26.5. The lowest BCUT2D eigenvalue weighted by Gasteiger charge is -2.22. The zero-order valence-electron chi connectivity index (χ0n) is 29.8. The Bertz CT molecular complexity index is 2900. The normalized spacial score (nSPS) is 12.8. The van der Waals surface area contributed by atoms with Crippen molar-refractivity contribution in [3.05, 3.63) is 180 Å². The molecule has 5 heteroatoms. The van der Waals surface area contributed by atoms with E-state index in [1.165, 1.54) is 22.3 Å². The summed E-state index contributed by atoms with van der Waals surface area (Å²) in [6.45, 7) is 4.62. The van der Waals surface area contributed by atoms with Gasteiger partial charge >= 0.3 is 0 Å². The van der Waals surface area contributed by atoms with Crippen LogP contribution in [0.3, 0.4) is 0 Å². The minimum atomic E-state index is -0.261. The smallest absolute Gasteiger partial charge is 0.164 e. The topological polar surface area (TPSA) is 67.4 Å². The minimum absolute atomic E-state index is 0.261. The summed E-state index contributed by atoms with van der Waals surface area (Å²) in [5.41, 5.74) is 13.9. The van der Waals surface area contributed by atoms with E-state index < -0.39 is 0 Å². The Labute approximate surface area is 313 Å². The first-order valence-corrected chi connectivity index (χ1v) is 18.2. The van der Waals surface area contributed by atoms with E-state index in [4.69, 9.17) is 15.0 Å². The number of hydrogen-bond acceptors (Lipinski definition) is 4. The number of aromatic nitrogens is 4. The third kappa shape index (κ3) is 5.03. The summed E-state index contributed by atoms with van der Waals surface area (Å²) >= 11 is 0. The predicted molar refractivity (Wildman–Crippen MR) is 218 cm³/mol. The molecule has 1 aliphatic carbocycles. The summed E-state index contributed by atoms with van der Waals surface area (Å²) < 4.78 is 2.29. The van der Waals surface area contributed by atoms with Gasteiger partial charge in [-0.25, -0.2) is 15.0 Å². The maximum absolute atomic E-state index is 9.77. The van der Waals surface area contributed by atoms with E-state index in [1.807, 2.05) is 78.9 Å². The van der Waals surface area contributed by atoms with E-state index in [1.54, 1.807) is 0 Å². The second-order valence-corrected chi connectivity index (χ2v) is 14.4. The molecule has 2 aromatic heterocycles.